The third-order valence-electron chi connectivity index (χ3n) is 2.36. The number of aromatic hydroxyl groups is 1. The highest BCUT2D eigenvalue weighted by Gasteiger charge is 2.18. The molecule has 2 aromatic rings. The Morgan fingerprint density at radius 3 is 2.62 bits per heavy atom. The highest BCUT2D eigenvalue weighted by molar-refractivity contribution is 6.02. The zero-order chi connectivity index (χ0) is 11.7. The lowest BCUT2D eigenvalue weighted by Crippen LogP contribution is -2.01. The Bertz CT molecular complexity index is 626. The summed E-state index contributed by atoms with van der Waals surface area (Å²) in [6.07, 6.45) is 0. The van der Waals surface area contributed by atoms with Crippen molar-refractivity contribution in [2.24, 2.45) is 0 Å². The molecule has 0 amide bonds. The van der Waals surface area contributed by atoms with E-state index in [2.05, 4.69) is 0 Å². The number of phenols is 1. The minimum atomic E-state index is -1.31. The molecule has 0 saturated heterocycles. The molecule has 4 nitrogen and oxygen atoms in total. The minimum absolute atomic E-state index is 0.0382. The molecule has 16 heavy (non-hydrogen) atoms. The number of nitriles is 1. The SMILES string of the molecule is N#Cc1cc2ccccc2c(O)c1C(=O)O. The van der Waals surface area contributed by atoms with E-state index in [1.807, 2.05) is 0 Å². The summed E-state index contributed by atoms with van der Waals surface area (Å²) in [6, 6.07) is 9.99. The van der Waals surface area contributed by atoms with Gasteiger partial charge in [-0.05, 0) is 11.5 Å². The number of nitrogens with zero attached hydrogens (tertiary/aromatic N) is 1. The van der Waals surface area contributed by atoms with Gasteiger partial charge in [0, 0.05) is 5.39 Å². The molecule has 2 N–H and O–H groups in total. The van der Waals surface area contributed by atoms with Crippen LogP contribution in [0, 0.1) is 11.3 Å². The second-order valence-corrected chi connectivity index (χ2v) is 3.29. The van der Waals surface area contributed by atoms with Crippen LogP contribution in [0.15, 0.2) is 30.3 Å². The van der Waals surface area contributed by atoms with Gasteiger partial charge in [0.25, 0.3) is 0 Å². The van der Waals surface area contributed by atoms with Crippen molar-refractivity contribution in [1.29, 1.82) is 5.26 Å². The topological polar surface area (TPSA) is 81.3 Å². The number of fused-ring (bicyclic) bond motifs is 1. The number of carboxylic acid groups (broad SMARTS) is 1. The molecule has 0 aliphatic rings. The fourth-order valence-electron chi connectivity index (χ4n) is 1.63. The first-order valence-corrected chi connectivity index (χ1v) is 4.53. The monoisotopic (exact) mass is 213 g/mol. The fourth-order valence-corrected chi connectivity index (χ4v) is 1.63. The Balaban J connectivity index is 2.95. The van der Waals surface area contributed by atoms with Gasteiger partial charge in [-0.2, -0.15) is 5.26 Å². The molecule has 0 bridgehead atoms. The van der Waals surface area contributed by atoms with Crippen molar-refractivity contribution in [3.8, 4) is 11.8 Å². The fraction of sp³-hybridized carbons (Fsp3) is 0. The Hall–Kier alpha value is -2.54. The molecule has 0 fully saturated rings. The first-order valence-electron chi connectivity index (χ1n) is 4.53. The average molecular weight is 213 g/mol. The lowest BCUT2D eigenvalue weighted by atomic mass is 10.00. The van der Waals surface area contributed by atoms with Crippen LogP contribution in [-0.4, -0.2) is 16.2 Å². The number of carboxylic acids is 1. The van der Waals surface area contributed by atoms with Gasteiger partial charge < -0.3 is 10.2 Å². The summed E-state index contributed by atoms with van der Waals surface area (Å²) in [5.41, 5.74) is -0.384. The standard InChI is InChI=1S/C12H7NO3/c13-6-8-5-7-3-1-2-4-9(7)11(14)10(8)12(15)16/h1-5,14H,(H,15,16). The minimum Gasteiger partial charge on any atom is -0.506 e. The molecule has 0 aromatic heterocycles. The van der Waals surface area contributed by atoms with E-state index in [-0.39, 0.29) is 16.9 Å². The molecular formula is C12H7NO3. The quantitative estimate of drug-likeness (QED) is 0.760. The van der Waals surface area contributed by atoms with Crippen molar-refractivity contribution < 1.29 is 15.0 Å². The van der Waals surface area contributed by atoms with Gasteiger partial charge in [0.15, 0.2) is 0 Å². The van der Waals surface area contributed by atoms with Gasteiger partial charge in [-0.25, -0.2) is 4.79 Å². The number of rotatable bonds is 1. The predicted octanol–water partition coefficient (Wildman–Crippen LogP) is 2.12. The molecule has 0 unspecified atom stereocenters. The first kappa shape index (κ1) is 9.99. The zero-order valence-corrected chi connectivity index (χ0v) is 8.14. The van der Waals surface area contributed by atoms with E-state index < -0.39 is 5.97 Å². The second kappa shape index (κ2) is 3.55. The Kier molecular flexibility index (Phi) is 2.22. The number of aromatic carboxylic acids is 1. The van der Waals surface area contributed by atoms with Crippen molar-refractivity contribution in [2.75, 3.05) is 0 Å². The number of hydrogen-bond donors (Lipinski definition) is 2. The van der Waals surface area contributed by atoms with Crippen LogP contribution in [0.1, 0.15) is 15.9 Å². The van der Waals surface area contributed by atoms with Crippen LogP contribution in [-0.2, 0) is 0 Å². The van der Waals surface area contributed by atoms with Crippen LogP contribution in [0.4, 0.5) is 0 Å². The molecule has 78 valence electrons. The van der Waals surface area contributed by atoms with Crippen molar-refractivity contribution in [3.63, 3.8) is 0 Å². The van der Waals surface area contributed by atoms with Crippen LogP contribution in [0.2, 0.25) is 0 Å². The van der Waals surface area contributed by atoms with Gasteiger partial charge in [0.2, 0.25) is 0 Å². The Morgan fingerprint density at radius 2 is 2.00 bits per heavy atom. The summed E-state index contributed by atoms with van der Waals surface area (Å²) in [6.45, 7) is 0. The van der Waals surface area contributed by atoms with Crippen LogP contribution >= 0.6 is 0 Å². The van der Waals surface area contributed by atoms with E-state index in [4.69, 9.17) is 10.4 Å². The van der Waals surface area contributed by atoms with Gasteiger partial charge in [0.05, 0.1) is 5.56 Å². The lowest BCUT2D eigenvalue weighted by Gasteiger charge is -2.06. The molecule has 0 spiro atoms. The molecule has 0 heterocycles. The summed E-state index contributed by atoms with van der Waals surface area (Å²) >= 11 is 0. The second-order valence-electron chi connectivity index (χ2n) is 3.29. The van der Waals surface area contributed by atoms with E-state index in [1.165, 1.54) is 6.07 Å². The van der Waals surface area contributed by atoms with Crippen molar-refractivity contribution in [1.82, 2.24) is 0 Å². The van der Waals surface area contributed by atoms with E-state index in [1.54, 1.807) is 30.3 Å². The smallest absolute Gasteiger partial charge is 0.340 e. The average Bonchev–Trinajstić information content (AvgIpc) is 2.28. The third-order valence-corrected chi connectivity index (χ3v) is 2.36. The van der Waals surface area contributed by atoms with Crippen LogP contribution in [0.3, 0.4) is 0 Å². The Morgan fingerprint density at radius 1 is 1.31 bits per heavy atom. The third kappa shape index (κ3) is 1.35. The molecule has 4 heteroatoms. The van der Waals surface area contributed by atoms with Crippen LogP contribution in [0.5, 0.6) is 5.75 Å². The summed E-state index contributed by atoms with van der Waals surface area (Å²) < 4.78 is 0. The summed E-state index contributed by atoms with van der Waals surface area (Å²) in [4.78, 5) is 10.9. The maximum absolute atomic E-state index is 10.9. The molecule has 2 aromatic carbocycles. The van der Waals surface area contributed by atoms with Gasteiger partial charge in [-0.1, -0.05) is 24.3 Å². The summed E-state index contributed by atoms with van der Waals surface area (Å²) in [5.74, 6) is -1.66. The van der Waals surface area contributed by atoms with Crippen molar-refractivity contribution in [2.45, 2.75) is 0 Å². The van der Waals surface area contributed by atoms with Gasteiger partial charge in [-0.3, -0.25) is 0 Å². The molecule has 0 atom stereocenters. The van der Waals surface area contributed by atoms with Gasteiger partial charge in [-0.15, -0.1) is 0 Å². The molecular weight excluding hydrogens is 206 g/mol. The van der Waals surface area contributed by atoms with Gasteiger partial charge in [0.1, 0.15) is 17.4 Å². The first-order chi connectivity index (χ1) is 7.65. The number of benzene rings is 2. The van der Waals surface area contributed by atoms with Crippen LogP contribution < -0.4 is 0 Å². The number of carbonyl (C=O) groups is 1. The normalized spacial score (nSPS) is 9.94. The molecule has 0 aliphatic heterocycles. The predicted molar refractivity (Wildman–Crippen MR) is 57.3 cm³/mol. The summed E-state index contributed by atoms with van der Waals surface area (Å²) in [7, 11) is 0. The zero-order valence-electron chi connectivity index (χ0n) is 8.14. The van der Waals surface area contributed by atoms with Crippen molar-refractivity contribution in [3.05, 3.63) is 41.5 Å². The van der Waals surface area contributed by atoms with E-state index in [0.29, 0.717) is 10.8 Å². The molecule has 0 saturated carbocycles. The maximum atomic E-state index is 10.9. The maximum Gasteiger partial charge on any atom is 0.340 e. The van der Waals surface area contributed by atoms with Gasteiger partial charge >= 0.3 is 5.97 Å². The van der Waals surface area contributed by atoms with E-state index in [9.17, 15) is 9.90 Å². The highest BCUT2D eigenvalue weighted by Crippen LogP contribution is 2.31. The number of hydrogen-bond acceptors (Lipinski definition) is 3. The molecule has 0 aliphatic carbocycles. The Labute approximate surface area is 91.0 Å². The van der Waals surface area contributed by atoms with E-state index in [0.717, 1.165) is 0 Å². The molecule has 0 radical (unpaired) electrons. The van der Waals surface area contributed by atoms with Crippen molar-refractivity contribution >= 4 is 16.7 Å². The highest BCUT2D eigenvalue weighted by atomic mass is 16.4. The van der Waals surface area contributed by atoms with Crippen LogP contribution in [0.25, 0.3) is 10.8 Å². The summed E-state index contributed by atoms with van der Waals surface area (Å²) in [5, 5.41) is 28.6. The molecule has 2 rings (SSSR count). The van der Waals surface area contributed by atoms with E-state index >= 15 is 0 Å². The largest absolute Gasteiger partial charge is 0.506 e. The lowest BCUT2D eigenvalue weighted by molar-refractivity contribution is 0.0693.